The molecule has 0 unspecified atom stereocenters. The highest BCUT2D eigenvalue weighted by atomic mass is 15.2. The van der Waals surface area contributed by atoms with Gasteiger partial charge in [-0.25, -0.2) is 0 Å². The summed E-state index contributed by atoms with van der Waals surface area (Å²) in [6.07, 6.45) is 2.77. The zero-order valence-electron chi connectivity index (χ0n) is 12.7. The van der Waals surface area contributed by atoms with Gasteiger partial charge in [-0.2, -0.15) is 0 Å². The summed E-state index contributed by atoms with van der Waals surface area (Å²) in [6, 6.07) is 6.94. The minimum absolute atomic E-state index is 0.198. The van der Waals surface area contributed by atoms with Crippen LogP contribution in [0.25, 0.3) is 0 Å². The first-order valence-corrected chi connectivity index (χ1v) is 7.46. The summed E-state index contributed by atoms with van der Waals surface area (Å²) in [6.45, 7) is 12.5. The van der Waals surface area contributed by atoms with E-state index in [1.165, 1.54) is 42.7 Å². The average Bonchev–Trinajstić information content (AvgIpc) is 3.06. The zero-order chi connectivity index (χ0) is 13.7. The third kappa shape index (κ3) is 2.79. The van der Waals surface area contributed by atoms with Gasteiger partial charge >= 0.3 is 0 Å². The molecule has 2 fully saturated rings. The van der Waals surface area contributed by atoms with Crippen LogP contribution >= 0.6 is 0 Å². The summed E-state index contributed by atoms with van der Waals surface area (Å²) in [7, 11) is 0. The van der Waals surface area contributed by atoms with E-state index in [-0.39, 0.29) is 5.54 Å². The zero-order valence-corrected chi connectivity index (χ0v) is 12.7. The Morgan fingerprint density at radius 2 is 1.63 bits per heavy atom. The summed E-state index contributed by atoms with van der Waals surface area (Å²) in [4.78, 5) is 2.60. The van der Waals surface area contributed by atoms with Gasteiger partial charge in [0.15, 0.2) is 0 Å². The fraction of sp³-hybridized carbons (Fsp3) is 0.647. The molecule has 1 spiro atoms. The topological polar surface area (TPSA) is 15.3 Å². The van der Waals surface area contributed by atoms with E-state index in [1.54, 1.807) is 0 Å². The lowest BCUT2D eigenvalue weighted by atomic mass is 10.0. The van der Waals surface area contributed by atoms with Crippen LogP contribution in [0.4, 0.5) is 5.69 Å². The number of hydrogen-bond donors (Lipinski definition) is 1. The minimum atomic E-state index is 0.198. The van der Waals surface area contributed by atoms with E-state index in [1.807, 2.05) is 0 Å². The Morgan fingerprint density at radius 1 is 1.00 bits per heavy atom. The lowest BCUT2D eigenvalue weighted by molar-refractivity contribution is 0.389. The lowest BCUT2D eigenvalue weighted by Crippen LogP contribution is -2.46. The van der Waals surface area contributed by atoms with Gasteiger partial charge in [-0.1, -0.05) is 6.07 Å². The number of aryl methyl sites for hydroxylation is 2. The number of nitrogens with one attached hydrogen (secondary N) is 1. The first-order valence-electron chi connectivity index (χ1n) is 7.46. The third-order valence-electron chi connectivity index (χ3n) is 4.58. The predicted molar refractivity (Wildman–Crippen MR) is 81.9 cm³/mol. The van der Waals surface area contributed by atoms with Crippen LogP contribution < -0.4 is 10.2 Å². The Labute approximate surface area is 117 Å². The Hall–Kier alpha value is -1.02. The number of hydrogen-bond acceptors (Lipinski definition) is 2. The highest BCUT2D eigenvalue weighted by molar-refractivity contribution is 5.52. The maximum absolute atomic E-state index is 3.76. The van der Waals surface area contributed by atoms with E-state index in [2.05, 4.69) is 56.1 Å². The van der Waals surface area contributed by atoms with Crippen LogP contribution in [-0.4, -0.2) is 25.2 Å². The molecule has 1 saturated heterocycles. The molecule has 3 rings (SSSR count). The second-order valence-corrected chi connectivity index (χ2v) is 7.44. The van der Waals surface area contributed by atoms with E-state index >= 15 is 0 Å². The maximum atomic E-state index is 3.76. The largest absolute Gasteiger partial charge is 0.369 e. The molecule has 104 valence electrons. The van der Waals surface area contributed by atoms with E-state index in [9.17, 15) is 0 Å². The number of rotatable bonds is 1. The van der Waals surface area contributed by atoms with Crippen LogP contribution in [0.3, 0.4) is 0 Å². The Balaban J connectivity index is 1.92. The second kappa shape index (κ2) is 4.24. The fourth-order valence-electron chi connectivity index (χ4n) is 3.30. The van der Waals surface area contributed by atoms with Gasteiger partial charge < -0.3 is 10.2 Å². The molecule has 1 N–H and O–H groups in total. The van der Waals surface area contributed by atoms with Crippen LogP contribution in [-0.2, 0) is 0 Å². The number of anilines is 1. The molecule has 2 heteroatoms. The summed E-state index contributed by atoms with van der Waals surface area (Å²) in [5.41, 5.74) is 4.89. The molecule has 0 aromatic heterocycles. The van der Waals surface area contributed by atoms with Crippen LogP contribution in [0.5, 0.6) is 0 Å². The van der Waals surface area contributed by atoms with Crippen molar-refractivity contribution in [1.82, 2.24) is 5.32 Å². The van der Waals surface area contributed by atoms with E-state index in [4.69, 9.17) is 0 Å². The maximum Gasteiger partial charge on any atom is 0.0372 e. The molecule has 2 aliphatic rings. The Morgan fingerprint density at radius 3 is 2.21 bits per heavy atom. The third-order valence-corrected chi connectivity index (χ3v) is 4.58. The van der Waals surface area contributed by atoms with Crippen molar-refractivity contribution in [2.75, 3.05) is 24.5 Å². The SMILES string of the molecule is Cc1cc(C)cc(N2CC3(CC3)CNC(C)(C)C2)c1. The second-order valence-electron chi connectivity index (χ2n) is 7.44. The van der Waals surface area contributed by atoms with Crippen molar-refractivity contribution < 1.29 is 0 Å². The van der Waals surface area contributed by atoms with Crippen molar-refractivity contribution in [1.29, 1.82) is 0 Å². The van der Waals surface area contributed by atoms with E-state index in [0.29, 0.717) is 5.41 Å². The lowest BCUT2D eigenvalue weighted by Gasteiger charge is -2.32. The highest BCUT2D eigenvalue weighted by Gasteiger charge is 2.47. The van der Waals surface area contributed by atoms with E-state index in [0.717, 1.165) is 6.54 Å². The van der Waals surface area contributed by atoms with Crippen molar-refractivity contribution in [3.05, 3.63) is 29.3 Å². The molecule has 1 aliphatic carbocycles. The molecule has 1 heterocycles. The first kappa shape index (κ1) is 13.0. The van der Waals surface area contributed by atoms with Crippen LogP contribution in [0.1, 0.15) is 37.8 Å². The van der Waals surface area contributed by atoms with Gasteiger partial charge in [0.2, 0.25) is 0 Å². The molecule has 0 atom stereocenters. The summed E-state index contributed by atoms with van der Waals surface area (Å²) in [5.74, 6) is 0. The molecule has 1 saturated carbocycles. The number of nitrogens with zero attached hydrogens (tertiary/aromatic N) is 1. The molecular weight excluding hydrogens is 232 g/mol. The van der Waals surface area contributed by atoms with Crippen LogP contribution in [0, 0.1) is 19.3 Å². The quantitative estimate of drug-likeness (QED) is 0.831. The van der Waals surface area contributed by atoms with Crippen molar-refractivity contribution in [2.24, 2.45) is 5.41 Å². The van der Waals surface area contributed by atoms with Crippen LogP contribution in [0.2, 0.25) is 0 Å². The van der Waals surface area contributed by atoms with Gasteiger partial charge in [0.25, 0.3) is 0 Å². The van der Waals surface area contributed by atoms with Gasteiger partial charge in [0.1, 0.15) is 0 Å². The molecule has 19 heavy (non-hydrogen) atoms. The van der Waals surface area contributed by atoms with Crippen molar-refractivity contribution in [3.63, 3.8) is 0 Å². The van der Waals surface area contributed by atoms with Crippen molar-refractivity contribution in [3.8, 4) is 0 Å². The molecule has 0 amide bonds. The fourth-order valence-corrected chi connectivity index (χ4v) is 3.30. The Kier molecular flexibility index (Phi) is 2.90. The molecule has 1 aromatic rings. The van der Waals surface area contributed by atoms with E-state index < -0.39 is 0 Å². The van der Waals surface area contributed by atoms with Crippen LogP contribution in [0.15, 0.2) is 18.2 Å². The summed E-state index contributed by atoms with van der Waals surface area (Å²) < 4.78 is 0. The predicted octanol–water partition coefficient (Wildman–Crippen LogP) is 3.27. The highest BCUT2D eigenvalue weighted by Crippen LogP contribution is 2.47. The van der Waals surface area contributed by atoms with Gasteiger partial charge in [-0.05, 0) is 63.8 Å². The molecule has 0 radical (unpaired) electrons. The van der Waals surface area contributed by atoms with Gasteiger partial charge in [-0.3, -0.25) is 0 Å². The first-order chi connectivity index (χ1) is 8.88. The molecule has 0 bridgehead atoms. The van der Waals surface area contributed by atoms with Gasteiger partial charge in [-0.15, -0.1) is 0 Å². The number of benzene rings is 1. The molecular formula is C17H26N2. The summed E-state index contributed by atoms with van der Waals surface area (Å²) in [5, 5.41) is 3.76. The Bertz CT molecular complexity index is 458. The standard InChI is InChI=1S/C17H26N2/c1-13-7-14(2)9-15(8-13)19-11-16(3,4)18-10-17(12-19)5-6-17/h7-9,18H,5-6,10-12H2,1-4H3. The van der Waals surface area contributed by atoms with Gasteiger partial charge in [0.05, 0.1) is 0 Å². The van der Waals surface area contributed by atoms with Gasteiger partial charge in [0, 0.05) is 36.3 Å². The minimum Gasteiger partial charge on any atom is -0.369 e. The average molecular weight is 258 g/mol. The van der Waals surface area contributed by atoms with Crippen molar-refractivity contribution in [2.45, 2.75) is 46.1 Å². The summed E-state index contributed by atoms with van der Waals surface area (Å²) >= 11 is 0. The van der Waals surface area contributed by atoms with Crippen molar-refractivity contribution >= 4 is 5.69 Å². The molecule has 1 aliphatic heterocycles. The molecule has 2 nitrogen and oxygen atoms in total. The normalized spacial score (nSPS) is 24.3. The molecule has 1 aromatic carbocycles. The smallest absolute Gasteiger partial charge is 0.0372 e. The monoisotopic (exact) mass is 258 g/mol.